The van der Waals surface area contributed by atoms with Crippen LogP contribution in [0.5, 0.6) is 0 Å². The standard InChI is InChI=1S/C16H22N2O4/c1-16(2,3)15(21)17-10-9-13(19)18-12-7-5-11(6-8-12)14(20)22-4/h5-8H,9-10H2,1-4H3,(H,17,21)(H,18,19). The van der Waals surface area contributed by atoms with E-state index >= 15 is 0 Å². The van der Waals surface area contributed by atoms with Gasteiger partial charge in [0.25, 0.3) is 0 Å². The van der Waals surface area contributed by atoms with Crippen LogP contribution < -0.4 is 10.6 Å². The topological polar surface area (TPSA) is 84.5 Å². The Hall–Kier alpha value is -2.37. The van der Waals surface area contributed by atoms with Gasteiger partial charge in [-0.05, 0) is 24.3 Å². The molecule has 120 valence electrons. The number of amides is 2. The number of anilines is 1. The van der Waals surface area contributed by atoms with Gasteiger partial charge in [0.15, 0.2) is 0 Å². The first kappa shape index (κ1) is 17.7. The maximum absolute atomic E-state index is 11.8. The summed E-state index contributed by atoms with van der Waals surface area (Å²) >= 11 is 0. The molecule has 2 amide bonds. The maximum Gasteiger partial charge on any atom is 0.337 e. The molecule has 22 heavy (non-hydrogen) atoms. The molecule has 0 aliphatic carbocycles. The molecule has 0 heterocycles. The van der Waals surface area contributed by atoms with Gasteiger partial charge in [-0.3, -0.25) is 9.59 Å². The van der Waals surface area contributed by atoms with Crippen LogP contribution >= 0.6 is 0 Å². The summed E-state index contributed by atoms with van der Waals surface area (Å²) < 4.78 is 4.59. The largest absolute Gasteiger partial charge is 0.465 e. The summed E-state index contributed by atoms with van der Waals surface area (Å²) in [4.78, 5) is 34.7. The second-order valence-electron chi connectivity index (χ2n) is 5.87. The summed E-state index contributed by atoms with van der Waals surface area (Å²) in [5.41, 5.74) is 0.526. The number of hydrogen-bond acceptors (Lipinski definition) is 4. The van der Waals surface area contributed by atoms with Gasteiger partial charge in [-0.1, -0.05) is 20.8 Å². The van der Waals surface area contributed by atoms with Gasteiger partial charge < -0.3 is 15.4 Å². The first-order chi connectivity index (χ1) is 10.2. The second kappa shape index (κ2) is 7.59. The Morgan fingerprint density at radius 3 is 2.18 bits per heavy atom. The van der Waals surface area contributed by atoms with Gasteiger partial charge in [0.05, 0.1) is 12.7 Å². The molecule has 0 aliphatic heterocycles. The molecular formula is C16H22N2O4. The summed E-state index contributed by atoms with van der Waals surface area (Å²) in [6, 6.07) is 6.39. The highest BCUT2D eigenvalue weighted by Crippen LogP contribution is 2.12. The van der Waals surface area contributed by atoms with E-state index in [0.29, 0.717) is 11.3 Å². The number of ether oxygens (including phenoxy) is 1. The fourth-order valence-corrected chi connectivity index (χ4v) is 1.59. The fourth-order valence-electron chi connectivity index (χ4n) is 1.59. The zero-order chi connectivity index (χ0) is 16.8. The van der Waals surface area contributed by atoms with Crippen LogP contribution in [0.3, 0.4) is 0 Å². The smallest absolute Gasteiger partial charge is 0.337 e. The highest BCUT2D eigenvalue weighted by atomic mass is 16.5. The Kier molecular flexibility index (Phi) is 6.10. The van der Waals surface area contributed by atoms with E-state index < -0.39 is 11.4 Å². The van der Waals surface area contributed by atoms with Crippen molar-refractivity contribution >= 4 is 23.5 Å². The van der Waals surface area contributed by atoms with E-state index in [-0.39, 0.29) is 24.8 Å². The average molecular weight is 306 g/mol. The molecule has 0 radical (unpaired) electrons. The van der Waals surface area contributed by atoms with Crippen molar-refractivity contribution in [2.45, 2.75) is 27.2 Å². The minimum absolute atomic E-state index is 0.0947. The van der Waals surface area contributed by atoms with E-state index in [4.69, 9.17) is 0 Å². The third-order valence-corrected chi connectivity index (χ3v) is 2.91. The van der Waals surface area contributed by atoms with Crippen LogP contribution in [0.2, 0.25) is 0 Å². The Morgan fingerprint density at radius 2 is 1.68 bits per heavy atom. The molecule has 0 spiro atoms. The Balaban J connectivity index is 2.42. The number of carbonyl (C=O) groups excluding carboxylic acids is 3. The van der Waals surface area contributed by atoms with Gasteiger partial charge >= 0.3 is 5.97 Å². The van der Waals surface area contributed by atoms with Crippen molar-refractivity contribution in [1.29, 1.82) is 0 Å². The van der Waals surface area contributed by atoms with Crippen molar-refractivity contribution in [1.82, 2.24) is 5.32 Å². The van der Waals surface area contributed by atoms with Crippen LogP contribution in [0.15, 0.2) is 24.3 Å². The Morgan fingerprint density at radius 1 is 1.09 bits per heavy atom. The number of esters is 1. The number of nitrogens with one attached hydrogen (secondary N) is 2. The number of rotatable bonds is 5. The molecule has 0 bridgehead atoms. The average Bonchev–Trinajstić information content (AvgIpc) is 2.46. The van der Waals surface area contributed by atoms with Crippen LogP contribution in [0, 0.1) is 5.41 Å². The van der Waals surface area contributed by atoms with Crippen molar-refractivity contribution in [3.63, 3.8) is 0 Å². The molecule has 0 fully saturated rings. The molecule has 2 N–H and O–H groups in total. The normalized spacial score (nSPS) is 10.7. The molecule has 0 saturated carbocycles. The number of hydrogen-bond donors (Lipinski definition) is 2. The first-order valence-electron chi connectivity index (χ1n) is 7.00. The van der Waals surface area contributed by atoms with E-state index in [1.165, 1.54) is 7.11 Å². The zero-order valence-electron chi connectivity index (χ0n) is 13.4. The van der Waals surface area contributed by atoms with Gasteiger partial charge in [-0.15, -0.1) is 0 Å². The van der Waals surface area contributed by atoms with Gasteiger partial charge in [0, 0.05) is 24.1 Å². The van der Waals surface area contributed by atoms with Gasteiger partial charge in [0.2, 0.25) is 11.8 Å². The molecule has 0 aliphatic rings. The third kappa shape index (κ3) is 5.55. The monoisotopic (exact) mass is 306 g/mol. The molecule has 0 aromatic heterocycles. The van der Waals surface area contributed by atoms with Gasteiger partial charge in [-0.2, -0.15) is 0 Å². The first-order valence-corrected chi connectivity index (χ1v) is 7.00. The minimum atomic E-state index is -0.472. The lowest BCUT2D eigenvalue weighted by atomic mass is 9.96. The lowest BCUT2D eigenvalue weighted by Gasteiger charge is -2.17. The fraction of sp³-hybridized carbons (Fsp3) is 0.438. The summed E-state index contributed by atoms with van der Waals surface area (Å²) in [5, 5.41) is 5.41. The summed E-state index contributed by atoms with van der Waals surface area (Å²) in [6.07, 6.45) is 0.181. The van der Waals surface area contributed by atoms with E-state index in [1.54, 1.807) is 24.3 Å². The van der Waals surface area contributed by atoms with E-state index in [1.807, 2.05) is 20.8 Å². The molecule has 0 saturated heterocycles. The predicted octanol–water partition coefficient (Wildman–Crippen LogP) is 1.96. The second-order valence-corrected chi connectivity index (χ2v) is 5.87. The highest BCUT2D eigenvalue weighted by Gasteiger charge is 2.20. The van der Waals surface area contributed by atoms with Gasteiger partial charge in [0.1, 0.15) is 0 Å². The predicted molar refractivity (Wildman–Crippen MR) is 83.5 cm³/mol. The van der Waals surface area contributed by atoms with E-state index in [2.05, 4.69) is 15.4 Å². The number of benzene rings is 1. The molecule has 6 nitrogen and oxygen atoms in total. The van der Waals surface area contributed by atoms with Crippen LogP contribution in [-0.2, 0) is 14.3 Å². The molecule has 6 heteroatoms. The SMILES string of the molecule is COC(=O)c1ccc(NC(=O)CCNC(=O)C(C)(C)C)cc1. The molecule has 1 aromatic rings. The minimum Gasteiger partial charge on any atom is -0.465 e. The molecule has 1 rings (SSSR count). The van der Waals surface area contributed by atoms with Crippen molar-refractivity contribution in [3.05, 3.63) is 29.8 Å². The zero-order valence-corrected chi connectivity index (χ0v) is 13.4. The maximum atomic E-state index is 11.8. The van der Waals surface area contributed by atoms with Crippen molar-refractivity contribution in [2.24, 2.45) is 5.41 Å². The van der Waals surface area contributed by atoms with Crippen LogP contribution in [0.25, 0.3) is 0 Å². The van der Waals surface area contributed by atoms with Gasteiger partial charge in [-0.25, -0.2) is 4.79 Å². The molecule has 0 atom stereocenters. The summed E-state index contributed by atoms with van der Waals surface area (Å²) in [5.74, 6) is -0.731. The lowest BCUT2D eigenvalue weighted by Crippen LogP contribution is -2.36. The lowest BCUT2D eigenvalue weighted by molar-refractivity contribution is -0.128. The Labute approximate surface area is 130 Å². The summed E-state index contributed by atoms with van der Waals surface area (Å²) in [6.45, 7) is 5.71. The van der Waals surface area contributed by atoms with E-state index in [9.17, 15) is 14.4 Å². The Bertz CT molecular complexity index is 544. The molecule has 0 unspecified atom stereocenters. The van der Waals surface area contributed by atoms with Crippen LogP contribution in [0.1, 0.15) is 37.6 Å². The van der Waals surface area contributed by atoms with Crippen LogP contribution in [0.4, 0.5) is 5.69 Å². The van der Waals surface area contributed by atoms with Crippen molar-refractivity contribution in [3.8, 4) is 0 Å². The molecule has 1 aromatic carbocycles. The summed E-state index contributed by atoms with van der Waals surface area (Å²) in [7, 11) is 1.31. The number of methoxy groups -OCH3 is 1. The van der Waals surface area contributed by atoms with E-state index in [0.717, 1.165) is 0 Å². The highest BCUT2D eigenvalue weighted by molar-refractivity contribution is 5.93. The number of carbonyl (C=O) groups is 3. The van der Waals surface area contributed by atoms with Crippen molar-refractivity contribution < 1.29 is 19.1 Å². The molecular weight excluding hydrogens is 284 g/mol. The van der Waals surface area contributed by atoms with Crippen LogP contribution in [-0.4, -0.2) is 31.4 Å². The quantitative estimate of drug-likeness (QED) is 0.815. The van der Waals surface area contributed by atoms with Crippen molar-refractivity contribution in [2.75, 3.05) is 19.0 Å². The third-order valence-electron chi connectivity index (χ3n) is 2.91.